The summed E-state index contributed by atoms with van der Waals surface area (Å²) < 4.78 is 26.4. The molecule has 1 fully saturated rings. The van der Waals surface area contributed by atoms with Crippen LogP contribution >= 0.6 is 12.4 Å². The third-order valence-corrected chi connectivity index (χ3v) is 3.34. The summed E-state index contributed by atoms with van der Waals surface area (Å²) in [5, 5.41) is 9.89. The SMILES string of the molecule is Cl.N[C@H](c1cccc(F)c1F)[C@@H](O)C1CCC1. The van der Waals surface area contributed by atoms with Crippen molar-refractivity contribution >= 4 is 12.4 Å². The Morgan fingerprint density at radius 3 is 2.47 bits per heavy atom. The fourth-order valence-electron chi connectivity index (χ4n) is 2.04. The van der Waals surface area contributed by atoms with Crippen LogP contribution in [0, 0.1) is 17.6 Å². The van der Waals surface area contributed by atoms with Crippen LogP contribution < -0.4 is 5.73 Å². The molecule has 0 bridgehead atoms. The summed E-state index contributed by atoms with van der Waals surface area (Å²) in [4.78, 5) is 0. The van der Waals surface area contributed by atoms with E-state index in [9.17, 15) is 13.9 Å². The van der Waals surface area contributed by atoms with Gasteiger partial charge in [0.2, 0.25) is 0 Å². The number of hydrogen-bond acceptors (Lipinski definition) is 2. The van der Waals surface area contributed by atoms with Gasteiger partial charge in [0.25, 0.3) is 0 Å². The van der Waals surface area contributed by atoms with E-state index in [1.165, 1.54) is 12.1 Å². The first-order chi connectivity index (χ1) is 7.61. The van der Waals surface area contributed by atoms with E-state index in [0.717, 1.165) is 25.3 Å². The van der Waals surface area contributed by atoms with Crippen LogP contribution in [0.1, 0.15) is 30.9 Å². The summed E-state index contributed by atoms with van der Waals surface area (Å²) in [5.41, 5.74) is 5.82. The third-order valence-electron chi connectivity index (χ3n) is 3.34. The molecule has 2 rings (SSSR count). The minimum absolute atomic E-state index is 0. The molecule has 2 nitrogen and oxygen atoms in total. The average Bonchev–Trinajstić information content (AvgIpc) is 2.18. The summed E-state index contributed by atoms with van der Waals surface area (Å²) in [6.45, 7) is 0. The van der Waals surface area contributed by atoms with Gasteiger partial charge in [-0.1, -0.05) is 18.6 Å². The number of halogens is 3. The van der Waals surface area contributed by atoms with Gasteiger partial charge in [-0.2, -0.15) is 0 Å². The summed E-state index contributed by atoms with van der Waals surface area (Å²) in [5.74, 6) is -1.75. The van der Waals surface area contributed by atoms with Gasteiger partial charge in [0.05, 0.1) is 12.1 Å². The maximum absolute atomic E-state index is 13.4. The number of aliphatic hydroxyl groups excluding tert-OH is 1. The first kappa shape index (κ1) is 14.4. The summed E-state index contributed by atoms with van der Waals surface area (Å²) in [6, 6.07) is 3.02. The summed E-state index contributed by atoms with van der Waals surface area (Å²) in [7, 11) is 0. The fourth-order valence-corrected chi connectivity index (χ4v) is 2.04. The van der Waals surface area contributed by atoms with Gasteiger partial charge < -0.3 is 10.8 Å². The number of hydrogen-bond donors (Lipinski definition) is 2. The Labute approximate surface area is 105 Å². The highest BCUT2D eigenvalue weighted by atomic mass is 35.5. The third kappa shape index (κ3) is 2.76. The van der Waals surface area contributed by atoms with E-state index in [1.807, 2.05) is 0 Å². The number of rotatable bonds is 3. The second-order valence-corrected chi connectivity index (χ2v) is 4.35. The topological polar surface area (TPSA) is 46.2 Å². The molecule has 1 saturated carbocycles. The van der Waals surface area contributed by atoms with Crippen molar-refractivity contribution in [1.29, 1.82) is 0 Å². The van der Waals surface area contributed by atoms with E-state index in [0.29, 0.717) is 0 Å². The zero-order valence-corrected chi connectivity index (χ0v) is 10.1. The number of aliphatic hydroxyl groups is 1. The van der Waals surface area contributed by atoms with Crippen molar-refractivity contribution in [3.05, 3.63) is 35.4 Å². The molecule has 0 radical (unpaired) electrons. The highest BCUT2D eigenvalue weighted by Crippen LogP contribution is 2.34. The molecule has 0 unspecified atom stereocenters. The lowest BCUT2D eigenvalue weighted by molar-refractivity contribution is 0.0403. The molecule has 0 amide bonds. The van der Waals surface area contributed by atoms with Crippen molar-refractivity contribution in [2.24, 2.45) is 11.7 Å². The van der Waals surface area contributed by atoms with Gasteiger partial charge in [-0.3, -0.25) is 0 Å². The second kappa shape index (κ2) is 5.76. The molecule has 3 N–H and O–H groups in total. The lowest BCUT2D eigenvalue weighted by Gasteiger charge is -2.33. The van der Waals surface area contributed by atoms with E-state index in [4.69, 9.17) is 5.73 Å². The van der Waals surface area contributed by atoms with Crippen LogP contribution in [-0.4, -0.2) is 11.2 Å². The lowest BCUT2D eigenvalue weighted by Crippen LogP contribution is -2.37. The predicted octanol–water partition coefficient (Wildman–Crippen LogP) is 2.55. The highest BCUT2D eigenvalue weighted by molar-refractivity contribution is 5.85. The van der Waals surface area contributed by atoms with Gasteiger partial charge in [-0.05, 0) is 24.8 Å². The van der Waals surface area contributed by atoms with Crippen LogP contribution in [0.4, 0.5) is 8.78 Å². The van der Waals surface area contributed by atoms with E-state index in [1.54, 1.807) is 0 Å². The van der Waals surface area contributed by atoms with Crippen molar-refractivity contribution in [2.75, 3.05) is 0 Å². The number of nitrogens with two attached hydrogens (primary N) is 1. The van der Waals surface area contributed by atoms with E-state index in [2.05, 4.69) is 0 Å². The molecule has 0 saturated heterocycles. The van der Waals surface area contributed by atoms with E-state index >= 15 is 0 Å². The molecular weight excluding hydrogens is 248 g/mol. The quantitative estimate of drug-likeness (QED) is 0.880. The Morgan fingerprint density at radius 1 is 1.29 bits per heavy atom. The molecule has 1 aliphatic carbocycles. The van der Waals surface area contributed by atoms with Gasteiger partial charge in [-0.25, -0.2) is 8.78 Å². The first-order valence-corrected chi connectivity index (χ1v) is 5.49. The predicted molar refractivity (Wildman–Crippen MR) is 63.9 cm³/mol. The molecule has 96 valence electrons. The molecule has 0 spiro atoms. The van der Waals surface area contributed by atoms with Crippen molar-refractivity contribution in [1.82, 2.24) is 0 Å². The molecule has 0 aliphatic heterocycles. The highest BCUT2D eigenvalue weighted by Gasteiger charge is 2.32. The molecule has 1 aliphatic rings. The Bertz CT molecular complexity index is 385. The minimum atomic E-state index is -0.951. The molecule has 17 heavy (non-hydrogen) atoms. The largest absolute Gasteiger partial charge is 0.391 e. The maximum Gasteiger partial charge on any atom is 0.163 e. The molecule has 1 aromatic carbocycles. The smallest absolute Gasteiger partial charge is 0.163 e. The Balaban J connectivity index is 0.00000144. The van der Waals surface area contributed by atoms with Crippen LogP contribution in [0.3, 0.4) is 0 Å². The van der Waals surface area contributed by atoms with Crippen LogP contribution in [-0.2, 0) is 0 Å². The Morgan fingerprint density at radius 2 is 1.94 bits per heavy atom. The summed E-state index contributed by atoms with van der Waals surface area (Å²) in [6.07, 6.45) is 2.10. The van der Waals surface area contributed by atoms with Crippen LogP contribution in [0.25, 0.3) is 0 Å². The zero-order valence-electron chi connectivity index (χ0n) is 9.27. The standard InChI is InChI=1S/C12H15F2NO.ClH/c13-9-6-2-5-8(10(9)14)11(15)12(16)7-3-1-4-7;/h2,5-7,11-12,16H,1,3-4,15H2;1H/t11-,12+;/m1./s1. The summed E-state index contributed by atoms with van der Waals surface area (Å²) >= 11 is 0. The average molecular weight is 264 g/mol. The molecule has 2 atom stereocenters. The minimum Gasteiger partial charge on any atom is -0.391 e. The lowest BCUT2D eigenvalue weighted by atomic mass is 9.77. The molecule has 1 aromatic rings. The van der Waals surface area contributed by atoms with Crippen molar-refractivity contribution in [3.63, 3.8) is 0 Å². The molecule has 5 heteroatoms. The zero-order chi connectivity index (χ0) is 11.7. The van der Waals surface area contributed by atoms with Gasteiger partial charge in [-0.15, -0.1) is 12.4 Å². The second-order valence-electron chi connectivity index (χ2n) is 4.35. The normalized spacial score (nSPS) is 19.1. The molecule has 0 heterocycles. The van der Waals surface area contributed by atoms with Crippen LogP contribution in [0.2, 0.25) is 0 Å². The maximum atomic E-state index is 13.4. The Hall–Kier alpha value is -0.710. The Kier molecular flexibility index (Phi) is 4.86. The van der Waals surface area contributed by atoms with Crippen LogP contribution in [0.5, 0.6) is 0 Å². The van der Waals surface area contributed by atoms with Gasteiger partial charge in [0, 0.05) is 5.56 Å². The van der Waals surface area contributed by atoms with Crippen molar-refractivity contribution in [2.45, 2.75) is 31.4 Å². The fraction of sp³-hybridized carbons (Fsp3) is 0.500. The van der Waals surface area contributed by atoms with Gasteiger partial charge in [0.15, 0.2) is 11.6 Å². The number of benzene rings is 1. The first-order valence-electron chi connectivity index (χ1n) is 5.49. The monoisotopic (exact) mass is 263 g/mol. The van der Waals surface area contributed by atoms with E-state index < -0.39 is 23.8 Å². The van der Waals surface area contributed by atoms with E-state index in [-0.39, 0.29) is 23.9 Å². The van der Waals surface area contributed by atoms with Crippen molar-refractivity contribution < 1.29 is 13.9 Å². The molecule has 0 aromatic heterocycles. The van der Waals surface area contributed by atoms with Crippen LogP contribution in [0.15, 0.2) is 18.2 Å². The van der Waals surface area contributed by atoms with Crippen molar-refractivity contribution in [3.8, 4) is 0 Å². The van der Waals surface area contributed by atoms with Gasteiger partial charge >= 0.3 is 0 Å². The van der Waals surface area contributed by atoms with Gasteiger partial charge in [0.1, 0.15) is 0 Å². The molecular formula is C12H16ClF2NO.